The molecule has 1 aromatic rings. The third kappa shape index (κ3) is 3.36. The predicted molar refractivity (Wildman–Crippen MR) is 58.1 cm³/mol. The lowest BCUT2D eigenvalue weighted by molar-refractivity contribution is 0.382. The van der Waals surface area contributed by atoms with Gasteiger partial charge in [-0.2, -0.15) is 13.2 Å². The monoisotopic (exact) mass is 303 g/mol. The van der Waals surface area contributed by atoms with E-state index in [1.54, 1.807) is 0 Å². The molecule has 0 aliphatic carbocycles. The topological polar surface area (TPSA) is 46.2 Å². The summed E-state index contributed by atoms with van der Waals surface area (Å²) in [5.41, 5.74) is -0.789. The zero-order valence-corrected chi connectivity index (χ0v) is 10.3. The van der Waals surface area contributed by atoms with E-state index in [0.29, 0.717) is 6.07 Å². The van der Waals surface area contributed by atoms with E-state index in [1.807, 2.05) is 0 Å². The molecule has 0 saturated carbocycles. The van der Waals surface area contributed by atoms with Crippen LogP contribution in [0.2, 0.25) is 0 Å². The summed E-state index contributed by atoms with van der Waals surface area (Å²) in [5, 5.41) is 1.41. The van der Waals surface area contributed by atoms with E-state index in [0.717, 1.165) is 6.07 Å². The van der Waals surface area contributed by atoms with E-state index in [4.69, 9.17) is 10.7 Å². The molecule has 0 saturated heterocycles. The molecule has 0 radical (unpaired) electrons. The van der Waals surface area contributed by atoms with Gasteiger partial charge in [0.1, 0.15) is 5.82 Å². The highest BCUT2D eigenvalue weighted by Crippen LogP contribution is 2.27. The Bertz CT molecular complexity index is 611. The molecule has 18 heavy (non-hydrogen) atoms. The highest BCUT2D eigenvalue weighted by atomic mass is 35.7. The second-order valence-electron chi connectivity index (χ2n) is 3.23. The summed E-state index contributed by atoms with van der Waals surface area (Å²) in [6, 6.07) is 1.37. The second kappa shape index (κ2) is 5.15. The van der Waals surface area contributed by atoms with E-state index < -0.39 is 37.5 Å². The number of anilines is 1. The third-order valence-corrected chi connectivity index (χ3v) is 3.40. The van der Waals surface area contributed by atoms with Crippen LogP contribution in [0.4, 0.5) is 23.2 Å². The molecule has 0 aromatic heterocycles. The molecular formula is C9H6ClF4NO2S. The fourth-order valence-electron chi connectivity index (χ4n) is 1.18. The van der Waals surface area contributed by atoms with E-state index in [1.165, 1.54) is 12.2 Å². The van der Waals surface area contributed by atoms with E-state index in [2.05, 4.69) is 0 Å². The first-order valence-corrected chi connectivity index (χ1v) is 6.66. The summed E-state index contributed by atoms with van der Waals surface area (Å²) in [4.78, 5) is -0.500. The van der Waals surface area contributed by atoms with Crippen LogP contribution in [0.3, 0.4) is 0 Å². The molecule has 0 bridgehead atoms. The van der Waals surface area contributed by atoms with Crippen LogP contribution in [0, 0.1) is 12.7 Å². The normalized spacial score (nSPS) is 11.2. The highest BCUT2D eigenvalue weighted by molar-refractivity contribution is 8.13. The molecule has 9 heteroatoms. The Morgan fingerprint density at radius 3 is 2.28 bits per heavy atom. The molecule has 0 amide bonds. The fraction of sp³-hybridized carbons (Fsp3) is 0.111. The molecule has 1 rings (SSSR count). The van der Waals surface area contributed by atoms with Crippen LogP contribution in [-0.4, -0.2) is 8.42 Å². The van der Waals surface area contributed by atoms with E-state index in [-0.39, 0.29) is 5.56 Å². The van der Waals surface area contributed by atoms with Crippen molar-refractivity contribution < 1.29 is 26.0 Å². The molecule has 0 aliphatic rings. The molecule has 0 unspecified atom stereocenters. The lowest BCUT2D eigenvalue weighted by Gasteiger charge is -2.08. The van der Waals surface area contributed by atoms with Gasteiger partial charge < -0.3 is 5.32 Å². The lowest BCUT2D eigenvalue weighted by atomic mass is 10.2. The summed E-state index contributed by atoms with van der Waals surface area (Å²) < 4.78 is 71.8. The second-order valence-corrected chi connectivity index (χ2v) is 5.77. The number of hydrogen-bond donors (Lipinski definition) is 1. The van der Waals surface area contributed by atoms with Crippen molar-refractivity contribution in [2.45, 2.75) is 11.8 Å². The maximum atomic E-state index is 13.3. The number of benzene rings is 1. The van der Waals surface area contributed by atoms with Gasteiger partial charge in [0.25, 0.3) is 15.0 Å². The average Bonchev–Trinajstić information content (AvgIpc) is 2.19. The summed E-state index contributed by atoms with van der Waals surface area (Å²) in [6.07, 6.45) is -2.69. The van der Waals surface area contributed by atoms with Gasteiger partial charge in [0.2, 0.25) is 0 Å². The first kappa shape index (κ1) is 14.8. The minimum Gasteiger partial charge on any atom is -0.325 e. The molecule has 0 aliphatic heterocycles. The fourth-order valence-corrected chi connectivity index (χ4v) is 2.38. The minimum absolute atomic E-state index is 0.0295. The zero-order chi connectivity index (χ0) is 14.1. The number of rotatable bonds is 3. The van der Waals surface area contributed by atoms with Gasteiger partial charge in [-0.3, -0.25) is 0 Å². The van der Waals surface area contributed by atoms with Gasteiger partial charge >= 0.3 is 6.08 Å². The van der Waals surface area contributed by atoms with Crippen LogP contribution in [0.1, 0.15) is 5.56 Å². The van der Waals surface area contributed by atoms with Crippen LogP contribution in [-0.2, 0) is 9.05 Å². The molecular weight excluding hydrogens is 298 g/mol. The van der Waals surface area contributed by atoms with Gasteiger partial charge in [-0.05, 0) is 24.6 Å². The molecule has 0 atom stereocenters. The standard InChI is InChI=1S/C9H6ClF4NO2S/c1-4-2-5(11)6(15-9(14)8(12)13)3-7(4)18(10,16)17/h2-3,15H,1H3. The summed E-state index contributed by atoms with van der Waals surface area (Å²) >= 11 is 0. The van der Waals surface area contributed by atoms with Crippen LogP contribution < -0.4 is 5.32 Å². The summed E-state index contributed by atoms with van der Waals surface area (Å²) in [6.45, 7) is 1.25. The predicted octanol–water partition coefficient (Wildman–Crippen LogP) is 3.51. The van der Waals surface area contributed by atoms with Crippen molar-refractivity contribution in [2.24, 2.45) is 0 Å². The van der Waals surface area contributed by atoms with Crippen LogP contribution >= 0.6 is 10.7 Å². The number of halogens is 5. The van der Waals surface area contributed by atoms with Crippen molar-refractivity contribution >= 4 is 25.4 Å². The van der Waals surface area contributed by atoms with Crippen molar-refractivity contribution in [1.29, 1.82) is 0 Å². The SMILES string of the molecule is Cc1cc(F)c(NC(F)=C(F)F)cc1S(=O)(=O)Cl. The first-order valence-electron chi connectivity index (χ1n) is 4.35. The van der Waals surface area contributed by atoms with E-state index in [9.17, 15) is 26.0 Å². The summed E-state index contributed by atoms with van der Waals surface area (Å²) in [7, 11) is 0.866. The molecule has 0 spiro atoms. The third-order valence-electron chi connectivity index (χ3n) is 1.94. The Hall–Kier alpha value is -1.28. The molecule has 0 fully saturated rings. The Labute approximate surface area is 104 Å². The number of nitrogens with one attached hydrogen (secondary N) is 1. The Kier molecular flexibility index (Phi) is 4.23. The Morgan fingerprint density at radius 2 is 1.83 bits per heavy atom. The van der Waals surface area contributed by atoms with Gasteiger partial charge in [0.05, 0.1) is 10.6 Å². The highest BCUT2D eigenvalue weighted by Gasteiger charge is 2.18. The van der Waals surface area contributed by atoms with E-state index >= 15 is 0 Å². The zero-order valence-electron chi connectivity index (χ0n) is 8.77. The van der Waals surface area contributed by atoms with Gasteiger partial charge in [0.15, 0.2) is 0 Å². The average molecular weight is 304 g/mol. The van der Waals surface area contributed by atoms with Crippen molar-refractivity contribution in [2.75, 3.05) is 5.32 Å². The van der Waals surface area contributed by atoms with Crippen LogP contribution in [0.15, 0.2) is 29.1 Å². The smallest absolute Gasteiger partial charge is 0.322 e. The Balaban J connectivity index is 3.35. The summed E-state index contributed by atoms with van der Waals surface area (Å²) in [5.74, 6) is -3.16. The largest absolute Gasteiger partial charge is 0.325 e. The minimum atomic E-state index is -4.19. The quantitative estimate of drug-likeness (QED) is 0.528. The van der Waals surface area contributed by atoms with Crippen molar-refractivity contribution in [3.05, 3.63) is 35.5 Å². The van der Waals surface area contributed by atoms with Crippen LogP contribution in [0.25, 0.3) is 0 Å². The van der Waals surface area contributed by atoms with Crippen molar-refractivity contribution in [1.82, 2.24) is 0 Å². The first-order chi connectivity index (χ1) is 8.12. The maximum absolute atomic E-state index is 13.3. The van der Waals surface area contributed by atoms with Crippen LogP contribution in [0.5, 0.6) is 0 Å². The number of hydrogen-bond acceptors (Lipinski definition) is 3. The maximum Gasteiger partial charge on any atom is 0.322 e. The van der Waals surface area contributed by atoms with Crippen molar-refractivity contribution in [3.63, 3.8) is 0 Å². The molecule has 100 valence electrons. The lowest BCUT2D eigenvalue weighted by Crippen LogP contribution is -2.02. The number of aryl methyl sites for hydroxylation is 1. The molecule has 3 nitrogen and oxygen atoms in total. The molecule has 1 aromatic carbocycles. The molecule has 1 N–H and O–H groups in total. The molecule has 0 heterocycles. The van der Waals surface area contributed by atoms with Gasteiger partial charge in [-0.25, -0.2) is 12.8 Å². The van der Waals surface area contributed by atoms with Gasteiger partial charge in [0, 0.05) is 10.7 Å². The van der Waals surface area contributed by atoms with Gasteiger partial charge in [-0.1, -0.05) is 0 Å². The Morgan fingerprint density at radius 1 is 1.28 bits per heavy atom. The van der Waals surface area contributed by atoms with Crippen molar-refractivity contribution in [3.8, 4) is 0 Å². The van der Waals surface area contributed by atoms with Gasteiger partial charge in [-0.15, -0.1) is 0 Å².